The van der Waals surface area contributed by atoms with Crippen molar-refractivity contribution < 1.29 is 4.79 Å². The highest BCUT2D eigenvalue weighted by Crippen LogP contribution is 2.25. The van der Waals surface area contributed by atoms with Crippen molar-refractivity contribution in [3.63, 3.8) is 0 Å². The van der Waals surface area contributed by atoms with E-state index in [9.17, 15) is 4.79 Å². The number of aliphatic imine (C=N–C) groups is 1. The molecular weight excluding hydrogens is 412 g/mol. The standard InChI is InChI=1S/C26H18N6O/c27-16-17-10-12-18(13-11-17)21-14-15-23(32-31-21)29-25-26(33)28-22-9-5-4-8-20(22)24(30-25)19-6-2-1-3-7-19/h1-15,25H,(H,28,33)(H,29,32). The normalized spacial score (nSPS) is 14.8. The summed E-state index contributed by atoms with van der Waals surface area (Å²) in [5, 5.41) is 23.5. The molecule has 158 valence electrons. The lowest BCUT2D eigenvalue weighted by atomic mass is 10.0. The Morgan fingerprint density at radius 2 is 1.58 bits per heavy atom. The number of benzodiazepines with no additional fused rings is 1. The largest absolute Gasteiger partial charge is 0.339 e. The van der Waals surface area contributed by atoms with E-state index in [4.69, 9.17) is 10.3 Å². The number of carbonyl (C=O) groups excluding carboxylic acids is 1. The second kappa shape index (κ2) is 8.73. The molecule has 0 saturated heterocycles. The Labute approximate surface area is 190 Å². The predicted molar refractivity (Wildman–Crippen MR) is 127 cm³/mol. The monoisotopic (exact) mass is 430 g/mol. The first-order chi connectivity index (χ1) is 16.2. The van der Waals surface area contributed by atoms with Gasteiger partial charge < -0.3 is 10.6 Å². The van der Waals surface area contributed by atoms with Crippen molar-refractivity contribution in [1.82, 2.24) is 10.2 Å². The molecule has 1 aliphatic rings. The minimum atomic E-state index is -0.886. The molecule has 5 rings (SSSR count). The smallest absolute Gasteiger partial charge is 0.269 e. The highest BCUT2D eigenvalue weighted by Gasteiger charge is 2.26. The minimum Gasteiger partial charge on any atom is -0.339 e. The van der Waals surface area contributed by atoms with Crippen molar-refractivity contribution in [2.75, 3.05) is 10.6 Å². The van der Waals surface area contributed by atoms with Crippen molar-refractivity contribution in [1.29, 1.82) is 5.26 Å². The molecule has 4 aromatic rings. The molecule has 1 aliphatic heterocycles. The van der Waals surface area contributed by atoms with Crippen LogP contribution in [-0.4, -0.2) is 28.0 Å². The molecule has 2 heterocycles. The van der Waals surface area contributed by atoms with Crippen LogP contribution in [0, 0.1) is 11.3 Å². The first kappa shape index (κ1) is 20.1. The Morgan fingerprint density at radius 1 is 0.818 bits per heavy atom. The zero-order chi connectivity index (χ0) is 22.6. The Hall–Kier alpha value is -4.83. The van der Waals surface area contributed by atoms with E-state index in [1.807, 2.05) is 72.8 Å². The van der Waals surface area contributed by atoms with E-state index in [2.05, 4.69) is 26.9 Å². The Bertz CT molecular complexity index is 1370. The van der Waals surface area contributed by atoms with Gasteiger partial charge in [-0.1, -0.05) is 60.7 Å². The van der Waals surface area contributed by atoms with Gasteiger partial charge in [0.25, 0.3) is 5.91 Å². The number of fused-ring (bicyclic) bond motifs is 1. The summed E-state index contributed by atoms with van der Waals surface area (Å²) in [5.74, 6) is 0.140. The van der Waals surface area contributed by atoms with Gasteiger partial charge in [0.2, 0.25) is 6.17 Å². The van der Waals surface area contributed by atoms with Crippen LogP contribution in [0.1, 0.15) is 16.7 Å². The summed E-state index contributed by atoms with van der Waals surface area (Å²) in [6, 6.07) is 30.1. The average molecular weight is 430 g/mol. The van der Waals surface area contributed by atoms with E-state index in [-0.39, 0.29) is 5.91 Å². The summed E-state index contributed by atoms with van der Waals surface area (Å²) in [4.78, 5) is 17.7. The molecular formula is C26H18N6O. The van der Waals surface area contributed by atoms with Crippen molar-refractivity contribution in [2.45, 2.75) is 6.17 Å². The van der Waals surface area contributed by atoms with E-state index >= 15 is 0 Å². The van der Waals surface area contributed by atoms with Gasteiger partial charge in [-0.15, -0.1) is 10.2 Å². The lowest BCUT2D eigenvalue weighted by molar-refractivity contribution is -0.116. The van der Waals surface area contributed by atoms with E-state index in [1.165, 1.54) is 0 Å². The van der Waals surface area contributed by atoms with E-state index in [0.717, 1.165) is 16.7 Å². The third-order valence-corrected chi connectivity index (χ3v) is 5.25. The zero-order valence-electron chi connectivity index (χ0n) is 17.4. The molecule has 7 nitrogen and oxygen atoms in total. The van der Waals surface area contributed by atoms with Crippen LogP contribution in [0.5, 0.6) is 0 Å². The molecule has 1 amide bonds. The van der Waals surface area contributed by atoms with Crippen LogP contribution in [0.3, 0.4) is 0 Å². The van der Waals surface area contributed by atoms with E-state index < -0.39 is 6.17 Å². The van der Waals surface area contributed by atoms with Gasteiger partial charge in [0.05, 0.1) is 28.7 Å². The molecule has 0 spiro atoms. The molecule has 1 aromatic heterocycles. The van der Waals surface area contributed by atoms with Crippen LogP contribution < -0.4 is 10.6 Å². The first-order valence-corrected chi connectivity index (χ1v) is 10.4. The van der Waals surface area contributed by atoms with Crippen LogP contribution in [0.15, 0.2) is 96.0 Å². The average Bonchev–Trinajstić information content (AvgIpc) is 3.01. The summed E-state index contributed by atoms with van der Waals surface area (Å²) in [7, 11) is 0. The number of amides is 1. The van der Waals surface area contributed by atoms with Gasteiger partial charge in [0.1, 0.15) is 0 Å². The first-order valence-electron chi connectivity index (χ1n) is 10.4. The number of anilines is 2. The maximum Gasteiger partial charge on any atom is 0.269 e. The molecule has 1 unspecified atom stereocenters. The number of para-hydroxylation sites is 1. The van der Waals surface area contributed by atoms with Crippen LogP contribution in [0.4, 0.5) is 11.5 Å². The highest BCUT2D eigenvalue weighted by molar-refractivity contribution is 6.19. The number of benzene rings is 3. The number of hydrogen-bond donors (Lipinski definition) is 2. The lowest BCUT2D eigenvalue weighted by Gasteiger charge is -2.13. The highest BCUT2D eigenvalue weighted by atomic mass is 16.2. The number of rotatable bonds is 4. The van der Waals surface area contributed by atoms with Gasteiger partial charge in [0.15, 0.2) is 5.82 Å². The molecule has 7 heteroatoms. The quantitative estimate of drug-likeness (QED) is 0.504. The molecule has 0 radical (unpaired) electrons. The Morgan fingerprint density at radius 3 is 2.30 bits per heavy atom. The van der Waals surface area contributed by atoms with Gasteiger partial charge >= 0.3 is 0 Å². The van der Waals surface area contributed by atoms with Crippen molar-refractivity contribution >= 4 is 23.1 Å². The third kappa shape index (κ3) is 4.18. The van der Waals surface area contributed by atoms with Crippen LogP contribution in [0.25, 0.3) is 11.3 Å². The number of nitrogens with zero attached hydrogens (tertiary/aromatic N) is 4. The van der Waals surface area contributed by atoms with Crippen LogP contribution >= 0.6 is 0 Å². The molecule has 1 atom stereocenters. The summed E-state index contributed by atoms with van der Waals surface area (Å²) in [6.07, 6.45) is -0.886. The molecule has 0 saturated carbocycles. The van der Waals surface area contributed by atoms with Crippen LogP contribution in [-0.2, 0) is 4.79 Å². The van der Waals surface area contributed by atoms with Crippen molar-refractivity contribution in [2.24, 2.45) is 4.99 Å². The molecule has 33 heavy (non-hydrogen) atoms. The van der Waals surface area contributed by atoms with E-state index in [0.29, 0.717) is 28.5 Å². The Kier molecular flexibility index (Phi) is 5.32. The minimum absolute atomic E-state index is 0.286. The van der Waals surface area contributed by atoms with Crippen molar-refractivity contribution in [3.05, 3.63) is 108 Å². The van der Waals surface area contributed by atoms with Crippen LogP contribution in [0.2, 0.25) is 0 Å². The van der Waals surface area contributed by atoms with Gasteiger partial charge in [0, 0.05) is 16.7 Å². The number of nitrogens with one attached hydrogen (secondary N) is 2. The summed E-state index contributed by atoms with van der Waals surface area (Å²) < 4.78 is 0. The predicted octanol–water partition coefficient (Wildman–Crippen LogP) is 4.24. The molecule has 0 aliphatic carbocycles. The SMILES string of the molecule is N#Cc1ccc(-c2ccc(NC3N=C(c4ccccc4)c4ccccc4NC3=O)nn2)cc1. The topological polar surface area (TPSA) is 103 Å². The summed E-state index contributed by atoms with van der Waals surface area (Å²) >= 11 is 0. The van der Waals surface area contributed by atoms with Gasteiger partial charge in [-0.05, 0) is 30.3 Å². The second-order valence-corrected chi connectivity index (χ2v) is 7.42. The number of hydrogen-bond acceptors (Lipinski definition) is 6. The lowest BCUT2D eigenvalue weighted by Crippen LogP contribution is -2.33. The molecule has 0 bridgehead atoms. The molecule has 2 N–H and O–H groups in total. The van der Waals surface area contributed by atoms with Crippen molar-refractivity contribution in [3.8, 4) is 17.3 Å². The number of aromatic nitrogens is 2. The maximum atomic E-state index is 13.0. The third-order valence-electron chi connectivity index (χ3n) is 5.25. The van der Waals surface area contributed by atoms with E-state index in [1.54, 1.807) is 18.2 Å². The van der Waals surface area contributed by atoms with Gasteiger partial charge in [-0.3, -0.25) is 4.79 Å². The number of nitriles is 1. The fourth-order valence-electron chi connectivity index (χ4n) is 3.60. The second-order valence-electron chi connectivity index (χ2n) is 7.42. The van der Waals surface area contributed by atoms with Gasteiger partial charge in [-0.25, -0.2) is 4.99 Å². The Balaban J connectivity index is 1.45. The zero-order valence-corrected chi connectivity index (χ0v) is 17.4. The number of carbonyl (C=O) groups is 1. The summed E-state index contributed by atoms with van der Waals surface area (Å²) in [6.45, 7) is 0. The van der Waals surface area contributed by atoms with Gasteiger partial charge in [-0.2, -0.15) is 5.26 Å². The fourth-order valence-corrected chi connectivity index (χ4v) is 3.60. The summed E-state index contributed by atoms with van der Waals surface area (Å²) in [5.41, 5.74) is 5.27. The molecule has 0 fully saturated rings. The maximum absolute atomic E-state index is 13.0. The fraction of sp³-hybridized carbons (Fsp3) is 0.0385. The molecule has 3 aromatic carbocycles.